The van der Waals surface area contributed by atoms with Crippen molar-refractivity contribution in [1.82, 2.24) is 19.6 Å². The lowest BCUT2D eigenvalue weighted by atomic mass is 10.0. The van der Waals surface area contributed by atoms with Crippen LogP contribution in [-0.2, 0) is 0 Å². The molecule has 0 spiro atoms. The molecule has 0 unspecified atom stereocenters. The summed E-state index contributed by atoms with van der Waals surface area (Å²) in [5, 5.41) is 4.74. The van der Waals surface area contributed by atoms with E-state index in [1.807, 2.05) is 0 Å². The molecular formula is C19H14F3N5O. The van der Waals surface area contributed by atoms with Crippen molar-refractivity contribution in [2.24, 2.45) is 0 Å². The fraction of sp³-hybridized carbons (Fsp3) is 0.105. The minimum Gasteiger partial charge on any atom is -0.497 e. The van der Waals surface area contributed by atoms with Gasteiger partial charge in [0, 0.05) is 16.5 Å². The number of fused-ring (bicyclic) bond motifs is 3. The second-order valence-electron chi connectivity index (χ2n) is 6.05. The van der Waals surface area contributed by atoms with Crippen molar-refractivity contribution in [2.45, 2.75) is 6.18 Å². The molecule has 142 valence electrons. The van der Waals surface area contributed by atoms with Gasteiger partial charge in [0.2, 0.25) is 5.95 Å². The third-order valence-corrected chi connectivity index (χ3v) is 4.34. The van der Waals surface area contributed by atoms with Gasteiger partial charge in [-0.2, -0.15) is 17.7 Å². The molecule has 0 radical (unpaired) electrons. The summed E-state index contributed by atoms with van der Waals surface area (Å²) < 4.78 is 45.9. The molecule has 0 aliphatic heterocycles. The minimum atomic E-state index is -4.58. The van der Waals surface area contributed by atoms with E-state index in [4.69, 9.17) is 10.5 Å². The number of methoxy groups -OCH3 is 1. The number of aromatic nitrogens is 4. The number of halogens is 3. The van der Waals surface area contributed by atoms with Gasteiger partial charge in [-0.05, 0) is 30.3 Å². The van der Waals surface area contributed by atoms with Crippen LogP contribution in [0.1, 0.15) is 5.56 Å². The summed E-state index contributed by atoms with van der Waals surface area (Å²) >= 11 is 0. The van der Waals surface area contributed by atoms with Crippen molar-refractivity contribution in [1.29, 1.82) is 0 Å². The highest BCUT2D eigenvalue weighted by molar-refractivity contribution is 5.99. The van der Waals surface area contributed by atoms with Crippen molar-refractivity contribution in [3.8, 4) is 17.1 Å². The summed E-state index contributed by atoms with van der Waals surface area (Å²) in [6.07, 6.45) is -4.58. The molecule has 2 aromatic heterocycles. The predicted molar refractivity (Wildman–Crippen MR) is 99.8 cm³/mol. The van der Waals surface area contributed by atoms with Gasteiger partial charge in [0.15, 0.2) is 11.5 Å². The molecular weight excluding hydrogens is 371 g/mol. The van der Waals surface area contributed by atoms with Crippen LogP contribution in [0.3, 0.4) is 0 Å². The maximum atomic E-state index is 13.2. The lowest BCUT2D eigenvalue weighted by Crippen LogP contribution is -2.11. The summed E-state index contributed by atoms with van der Waals surface area (Å²) in [6.45, 7) is 3.16. The van der Waals surface area contributed by atoms with Gasteiger partial charge in [-0.3, -0.25) is 0 Å². The lowest BCUT2D eigenvalue weighted by molar-refractivity contribution is -0.0685. The summed E-state index contributed by atoms with van der Waals surface area (Å²) in [6, 6.07) is 11.5. The quantitative estimate of drug-likeness (QED) is 0.574. The van der Waals surface area contributed by atoms with Gasteiger partial charge in [-0.15, -0.1) is 5.10 Å². The van der Waals surface area contributed by atoms with Crippen molar-refractivity contribution in [2.75, 3.05) is 12.8 Å². The SMILES string of the molecule is C=C(c1cccc2c1nc(N)n1nc(-c3ccc(OC)cc3)nc21)C(F)(F)F. The Labute approximate surface area is 157 Å². The normalized spacial score (nSPS) is 11.9. The van der Waals surface area contributed by atoms with Crippen molar-refractivity contribution in [3.05, 3.63) is 54.6 Å². The molecule has 0 aliphatic rings. The van der Waals surface area contributed by atoms with E-state index >= 15 is 0 Å². The van der Waals surface area contributed by atoms with Gasteiger partial charge < -0.3 is 10.5 Å². The number of nitrogen functional groups attached to an aromatic ring is 1. The van der Waals surface area contributed by atoms with Gasteiger partial charge >= 0.3 is 6.18 Å². The number of nitrogens with zero attached hydrogens (tertiary/aromatic N) is 4. The number of anilines is 1. The summed E-state index contributed by atoms with van der Waals surface area (Å²) in [7, 11) is 1.56. The van der Waals surface area contributed by atoms with Crippen LogP contribution in [0.2, 0.25) is 0 Å². The highest BCUT2D eigenvalue weighted by Gasteiger charge is 2.34. The van der Waals surface area contributed by atoms with Crippen LogP contribution >= 0.6 is 0 Å². The van der Waals surface area contributed by atoms with Crippen LogP contribution in [0.5, 0.6) is 5.75 Å². The van der Waals surface area contributed by atoms with Crippen LogP contribution in [0.15, 0.2) is 49.0 Å². The Balaban J connectivity index is 1.95. The number of ether oxygens (including phenoxy) is 1. The minimum absolute atomic E-state index is 0.0720. The first-order valence-electron chi connectivity index (χ1n) is 8.15. The van der Waals surface area contributed by atoms with Gasteiger partial charge in [0.25, 0.3) is 0 Å². The number of para-hydroxylation sites is 1. The Morgan fingerprint density at radius 1 is 1.11 bits per heavy atom. The fourth-order valence-electron chi connectivity index (χ4n) is 2.91. The average molecular weight is 385 g/mol. The maximum absolute atomic E-state index is 13.2. The average Bonchev–Trinajstić information content (AvgIpc) is 3.13. The Kier molecular flexibility index (Phi) is 3.95. The number of hydrogen-bond donors (Lipinski definition) is 1. The predicted octanol–water partition coefficient (Wildman–Crippen LogP) is 4.11. The molecule has 0 amide bonds. The first-order valence-corrected chi connectivity index (χ1v) is 8.15. The van der Waals surface area contributed by atoms with E-state index in [1.165, 1.54) is 16.6 Å². The lowest BCUT2D eigenvalue weighted by Gasteiger charge is -2.12. The third kappa shape index (κ3) is 2.81. The molecule has 28 heavy (non-hydrogen) atoms. The molecule has 2 aromatic carbocycles. The number of allylic oxidation sites excluding steroid dienone is 1. The second kappa shape index (κ2) is 6.22. The summed E-state index contributed by atoms with van der Waals surface area (Å²) in [5.74, 6) is 0.968. The van der Waals surface area contributed by atoms with Gasteiger partial charge in [-0.25, -0.2) is 9.97 Å². The van der Waals surface area contributed by atoms with Crippen molar-refractivity contribution < 1.29 is 17.9 Å². The molecule has 2 heterocycles. The molecule has 2 N–H and O–H groups in total. The molecule has 0 saturated carbocycles. The number of benzene rings is 2. The van der Waals surface area contributed by atoms with Crippen LogP contribution in [0, 0.1) is 0 Å². The maximum Gasteiger partial charge on any atom is 0.416 e. The second-order valence-corrected chi connectivity index (χ2v) is 6.05. The molecule has 0 fully saturated rings. The monoisotopic (exact) mass is 385 g/mol. The first kappa shape index (κ1) is 17.8. The van der Waals surface area contributed by atoms with E-state index in [9.17, 15) is 13.2 Å². The molecule has 0 atom stereocenters. The van der Waals surface area contributed by atoms with Crippen LogP contribution in [-0.4, -0.2) is 32.9 Å². The standard InChI is InChI=1S/C19H14F3N5O/c1-10(19(20,21)22)13-4-3-5-14-15(13)24-18(23)27-17(14)25-16(26-27)11-6-8-12(28-2)9-7-11/h3-9H,1H2,2H3,(H2,23,24). The Bertz CT molecular complexity index is 1210. The Hall–Kier alpha value is -3.62. The van der Waals surface area contributed by atoms with E-state index in [0.717, 1.165) is 0 Å². The molecule has 0 saturated heterocycles. The summed E-state index contributed by atoms with van der Waals surface area (Å²) in [4.78, 5) is 8.60. The van der Waals surface area contributed by atoms with E-state index in [-0.39, 0.29) is 17.0 Å². The molecule has 0 bridgehead atoms. The number of alkyl halides is 3. The number of rotatable bonds is 3. The molecule has 4 aromatic rings. The molecule has 6 nitrogen and oxygen atoms in total. The van der Waals surface area contributed by atoms with Gasteiger partial charge in [-0.1, -0.05) is 18.7 Å². The van der Waals surface area contributed by atoms with Crippen LogP contribution in [0.25, 0.3) is 33.5 Å². The highest BCUT2D eigenvalue weighted by atomic mass is 19.4. The number of nitrogens with two attached hydrogens (primary N) is 1. The highest BCUT2D eigenvalue weighted by Crippen LogP contribution is 2.36. The largest absolute Gasteiger partial charge is 0.497 e. The zero-order chi connectivity index (χ0) is 20.1. The molecule has 0 aliphatic carbocycles. The first-order chi connectivity index (χ1) is 13.3. The van der Waals surface area contributed by atoms with Gasteiger partial charge in [0.05, 0.1) is 18.2 Å². The van der Waals surface area contributed by atoms with Crippen LogP contribution in [0.4, 0.5) is 19.1 Å². The fourth-order valence-corrected chi connectivity index (χ4v) is 2.91. The van der Waals surface area contributed by atoms with E-state index < -0.39 is 11.7 Å². The molecule has 9 heteroatoms. The van der Waals surface area contributed by atoms with E-state index in [1.54, 1.807) is 37.4 Å². The zero-order valence-electron chi connectivity index (χ0n) is 14.7. The van der Waals surface area contributed by atoms with E-state index in [2.05, 4.69) is 21.6 Å². The van der Waals surface area contributed by atoms with Crippen molar-refractivity contribution >= 4 is 28.1 Å². The number of hydrogen-bond acceptors (Lipinski definition) is 5. The third-order valence-electron chi connectivity index (χ3n) is 4.34. The smallest absolute Gasteiger partial charge is 0.416 e. The van der Waals surface area contributed by atoms with Crippen molar-refractivity contribution in [3.63, 3.8) is 0 Å². The van der Waals surface area contributed by atoms with Gasteiger partial charge in [0.1, 0.15) is 5.75 Å². The zero-order valence-corrected chi connectivity index (χ0v) is 14.7. The topological polar surface area (TPSA) is 78.3 Å². The molecule has 4 rings (SSSR count). The van der Waals surface area contributed by atoms with E-state index in [0.29, 0.717) is 28.2 Å². The van der Waals surface area contributed by atoms with Crippen LogP contribution < -0.4 is 10.5 Å². The Morgan fingerprint density at radius 2 is 1.82 bits per heavy atom. The Morgan fingerprint density at radius 3 is 2.46 bits per heavy atom. The summed E-state index contributed by atoms with van der Waals surface area (Å²) in [5.41, 5.74) is 5.90.